The summed E-state index contributed by atoms with van der Waals surface area (Å²) >= 11 is 0. The zero-order valence-electron chi connectivity index (χ0n) is 13.0. The number of carbonyl (C=O) groups is 1. The fraction of sp³-hybridized carbons (Fsp3) is 0.278. The number of para-hydroxylation sites is 1. The number of phenolic OH excluding ortho intramolecular Hbond substituents is 1. The molecule has 23 heavy (non-hydrogen) atoms. The Morgan fingerprint density at radius 2 is 2.00 bits per heavy atom. The second-order valence-electron chi connectivity index (χ2n) is 5.41. The third-order valence-corrected chi connectivity index (χ3v) is 4.01. The van der Waals surface area contributed by atoms with Crippen LogP contribution in [0.4, 0.5) is 0 Å². The van der Waals surface area contributed by atoms with E-state index < -0.39 is 0 Å². The van der Waals surface area contributed by atoms with E-state index >= 15 is 0 Å². The predicted octanol–water partition coefficient (Wildman–Crippen LogP) is 2.84. The molecule has 0 aliphatic carbocycles. The molecule has 2 aromatic carbocycles. The molecule has 1 heterocycles. The summed E-state index contributed by atoms with van der Waals surface area (Å²) in [6, 6.07) is 10.4. The van der Waals surface area contributed by atoms with E-state index in [2.05, 4.69) is 0 Å². The lowest BCUT2D eigenvalue weighted by atomic mass is 9.89. The minimum atomic E-state index is -0.354. The van der Waals surface area contributed by atoms with E-state index in [1.54, 1.807) is 24.3 Å². The Hall–Kier alpha value is -2.69. The summed E-state index contributed by atoms with van der Waals surface area (Å²) in [6.07, 6.45) is 0.421. The quantitative estimate of drug-likeness (QED) is 0.940. The standard InChI is InChI=1S/C18H18O5/c1-21-13-8-14-17(20)12(7-11-5-3-4-6-15(11)19)10-23-18(14)16(9-13)22-2/h3-6,8-9,12,19H,7,10H2,1-2H3. The smallest absolute Gasteiger partial charge is 0.173 e. The molecule has 0 saturated carbocycles. The van der Waals surface area contributed by atoms with Gasteiger partial charge in [0, 0.05) is 6.07 Å². The van der Waals surface area contributed by atoms with E-state index in [0.29, 0.717) is 29.2 Å². The van der Waals surface area contributed by atoms with Gasteiger partial charge in [0.25, 0.3) is 0 Å². The lowest BCUT2D eigenvalue weighted by Crippen LogP contribution is -2.29. The number of methoxy groups -OCH3 is 2. The van der Waals surface area contributed by atoms with Crippen LogP contribution in [0.5, 0.6) is 23.0 Å². The van der Waals surface area contributed by atoms with Gasteiger partial charge in [-0.2, -0.15) is 0 Å². The topological polar surface area (TPSA) is 65.0 Å². The number of benzene rings is 2. The van der Waals surface area contributed by atoms with Crippen molar-refractivity contribution in [3.05, 3.63) is 47.5 Å². The molecule has 1 aliphatic rings. The third kappa shape index (κ3) is 2.82. The number of phenols is 1. The van der Waals surface area contributed by atoms with Gasteiger partial charge in [-0.1, -0.05) is 18.2 Å². The van der Waals surface area contributed by atoms with Crippen molar-refractivity contribution in [2.45, 2.75) is 6.42 Å². The van der Waals surface area contributed by atoms with Crippen LogP contribution < -0.4 is 14.2 Å². The molecule has 0 saturated heterocycles. The summed E-state index contributed by atoms with van der Waals surface area (Å²) in [5.41, 5.74) is 1.18. The van der Waals surface area contributed by atoms with E-state index in [4.69, 9.17) is 14.2 Å². The Labute approximate surface area is 134 Å². The molecule has 2 aromatic rings. The molecule has 1 aliphatic heterocycles. The lowest BCUT2D eigenvalue weighted by molar-refractivity contribution is 0.0824. The van der Waals surface area contributed by atoms with Crippen molar-refractivity contribution in [3.8, 4) is 23.0 Å². The first kappa shape index (κ1) is 15.2. The van der Waals surface area contributed by atoms with E-state index in [0.717, 1.165) is 5.56 Å². The summed E-state index contributed by atoms with van der Waals surface area (Å²) in [7, 11) is 3.06. The van der Waals surface area contributed by atoms with Gasteiger partial charge in [0.2, 0.25) is 0 Å². The fourth-order valence-corrected chi connectivity index (χ4v) is 2.76. The number of ketones is 1. The number of rotatable bonds is 4. The normalized spacial score (nSPS) is 16.4. The summed E-state index contributed by atoms with van der Waals surface area (Å²) < 4.78 is 16.3. The minimum absolute atomic E-state index is 0.0355. The molecule has 0 aromatic heterocycles. The highest BCUT2D eigenvalue weighted by atomic mass is 16.5. The number of hydrogen-bond donors (Lipinski definition) is 1. The molecular formula is C18H18O5. The van der Waals surface area contributed by atoms with Crippen molar-refractivity contribution in [3.63, 3.8) is 0 Å². The average Bonchev–Trinajstić information content (AvgIpc) is 2.58. The van der Waals surface area contributed by atoms with Gasteiger partial charge in [-0.15, -0.1) is 0 Å². The van der Waals surface area contributed by atoms with Crippen LogP contribution in [0.15, 0.2) is 36.4 Å². The molecule has 1 unspecified atom stereocenters. The third-order valence-electron chi connectivity index (χ3n) is 4.01. The maximum atomic E-state index is 12.8. The van der Waals surface area contributed by atoms with Gasteiger partial charge in [-0.05, 0) is 24.1 Å². The van der Waals surface area contributed by atoms with Gasteiger partial charge in [0.05, 0.1) is 32.3 Å². The number of fused-ring (bicyclic) bond motifs is 1. The van der Waals surface area contributed by atoms with Crippen LogP contribution in [0.3, 0.4) is 0 Å². The van der Waals surface area contributed by atoms with Gasteiger partial charge in [0.1, 0.15) is 11.5 Å². The highest BCUT2D eigenvalue weighted by Gasteiger charge is 2.32. The van der Waals surface area contributed by atoms with Gasteiger partial charge in [0.15, 0.2) is 17.3 Å². The Kier molecular flexibility index (Phi) is 4.10. The molecule has 5 heteroatoms. The van der Waals surface area contributed by atoms with Crippen LogP contribution in [0, 0.1) is 5.92 Å². The van der Waals surface area contributed by atoms with Crippen molar-refractivity contribution < 1.29 is 24.1 Å². The molecular weight excluding hydrogens is 296 g/mol. The molecule has 0 bridgehead atoms. The van der Waals surface area contributed by atoms with E-state index in [1.807, 2.05) is 12.1 Å². The maximum absolute atomic E-state index is 12.8. The van der Waals surface area contributed by atoms with E-state index in [1.165, 1.54) is 14.2 Å². The molecule has 5 nitrogen and oxygen atoms in total. The Balaban J connectivity index is 1.93. The Bertz CT molecular complexity index is 738. The van der Waals surface area contributed by atoms with Gasteiger partial charge >= 0.3 is 0 Å². The summed E-state index contributed by atoms with van der Waals surface area (Å²) in [5, 5.41) is 9.89. The number of ether oxygens (including phenoxy) is 3. The van der Waals surface area contributed by atoms with Crippen LogP contribution in [0.1, 0.15) is 15.9 Å². The summed E-state index contributed by atoms with van der Waals surface area (Å²) in [4.78, 5) is 12.8. The molecule has 1 N–H and O–H groups in total. The van der Waals surface area contributed by atoms with Crippen molar-refractivity contribution in [2.24, 2.45) is 5.92 Å². The predicted molar refractivity (Wildman–Crippen MR) is 84.7 cm³/mol. The summed E-state index contributed by atoms with van der Waals surface area (Å²) in [6.45, 7) is 0.253. The van der Waals surface area contributed by atoms with Crippen molar-refractivity contribution in [2.75, 3.05) is 20.8 Å². The Morgan fingerprint density at radius 3 is 2.70 bits per heavy atom. The molecule has 1 atom stereocenters. The molecule has 120 valence electrons. The first-order chi connectivity index (χ1) is 11.1. The van der Waals surface area contributed by atoms with Crippen molar-refractivity contribution >= 4 is 5.78 Å². The van der Waals surface area contributed by atoms with Crippen LogP contribution in [-0.2, 0) is 6.42 Å². The zero-order valence-corrected chi connectivity index (χ0v) is 13.0. The number of Topliss-reactive ketones (excluding diaryl/α,β-unsaturated/α-hetero) is 1. The molecule has 0 spiro atoms. The Morgan fingerprint density at radius 1 is 1.22 bits per heavy atom. The highest BCUT2D eigenvalue weighted by molar-refractivity contribution is 6.02. The van der Waals surface area contributed by atoms with E-state index in [9.17, 15) is 9.90 Å². The van der Waals surface area contributed by atoms with Crippen LogP contribution in [0.25, 0.3) is 0 Å². The van der Waals surface area contributed by atoms with Crippen molar-refractivity contribution in [1.29, 1.82) is 0 Å². The second kappa shape index (κ2) is 6.20. The first-order valence-electron chi connectivity index (χ1n) is 7.34. The molecule has 3 rings (SSSR count). The number of hydrogen-bond acceptors (Lipinski definition) is 5. The lowest BCUT2D eigenvalue weighted by Gasteiger charge is -2.26. The van der Waals surface area contributed by atoms with Gasteiger partial charge < -0.3 is 19.3 Å². The zero-order chi connectivity index (χ0) is 16.4. The van der Waals surface area contributed by atoms with Crippen LogP contribution >= 0.6 is 0 Å². The van der Waals surface area contributed by atoms with Crippen LogP contribution in [0.2, 0.25) is 0 Å². The van der Waals surface area contributed by atoms with Gasteiger partial charge in [-0.3, -0.25) is 4.79 Å². The number of aromatic hydroxyl groups is 1. The maximum Gasteiger partial charge on any atom is 0.173 e. The van der Waals surface area contributed by atoms with E-state index in [-0.39, 0.29) is 24.1 Å². The second-order valence-corrected chi connectivity index (χ2v) is 5.41. The summed E-state index contributed by atoms with van der Waals surface area (Å²) in [5.74, 6) is 1.27. The minimum Gasteiger partial charge on any atom is -0.508 e. The van der Waals surface area contributed by atoms with Crippen molar-refractivity contribution in [1.82, 2.24) is 0 Å². The fourth-order valence-electron chi connectivity index (χ4n) is 2.76. The SMILES string of the molecule is COc1cc(OC)c2c(c1)C(=O)C(Cc1ccccc1O)CO2. The van der Waals surface area contributed by atoms with Crippen LogP contribution in [-0.4, -0.2) is 31.7 Å². The molecule has 0 radical (unpaired) electrons. The number of carbonyl (C=O) groups excluding carboxylic acids is 1. The molecule has 0 amide bonds. The van der Waals surface area contributed by atoms with Gasteiger partial charge in [-0.25, -0.2) is 0 Å². The highest BCUT2D eigenvalue weighted by Crippen LogP contribution is 2.40. The largest absolute Gasteiger partial charge is 0.508 e. The average molecular weight is 314 g/mol. The first-order valence-corrected chi connectivity index (χ1v) is 7.34. The monoisotopic (exact) mass is 314 g/mol. The molecule has 0 fully saturated rings.